The molecule has 0 aromatic heterocycles. The quantitative estimate of drug-likeness (QED) is 0.770. The summed E-state index contributed by atoms with van der Waals surface area (Å²) in [5, 5.41) is 5.80. The summed E-state index contributed by atoms with van der Waals surface area (Å²) in [6.07, 6.45) is -0.511. The van der Waals surface area contributed by atoms with Crippen molar-refractivity contribution in [3.05, 3.63) is 53.3 Å². The van der Waals surface area contributed by atoms with Gasteiger partial charge in [-0.1, -0.05) is 11.6 Å². The molecule has 4 nitrogen and oxygen atoms in total. The van der Waals surface area contributed by atoms with Crippen molar-refractivity contribution in [1.29, 1.82) is 0 Å². The molecule has 23 heavy (non-hydrogen) atoms. The number of rotatable bonds is 3. The van der Waals surface area contributed by atoms with Crippen molar-refractivity contribution in [1.82, 2.24) is 0 Å². The molecule has 2 aromatic rings. The van der Waals surface area contributed by atoms with Gasteiger partial charge in [-0.15, -0.1) is 0 Å². The van der Waals surface area contributed by atoms with Crippen LogP contribution in [0.1, 0.15) is 20.8 Å². The minimum Gasteiger partial charge on any atom is -0.444 e. The molecule has 1 amide bonds. The van der Waals surface area contributed by atoms with Crippen LogP contribution in [-0.4, -0.2) is 11.7 Å². The first-order valence-electron chi connectivity index (χ1n) is 7.05. The Morgan fingerprint density at radius 3 is 2.17 bits per heavy atom. The molecule has 6 heteroatoms. The predicted octanol–water partition coefficient (Wildman–Crippen LogP) is 5.57. The summed E-state index contributed by atoms with van der Waals surface area (Å²) in [4.78, 5) is 11.7. The molecule has 0 radical (unpaired) electrons. The van der Waals surface area contributed by atoms with E-state index in [4.69, 9.17) is 16.3 Å². The fourth-order valence-electron chi connectivity index (χ4n) is 1.80. The Balaban J connectivity index is 1.99. The van der Waals surface area contributed by atoms with Crippen LogP contribution in [0.15, 0.2) is 42.5 Å². The highest BCUT2D eigenvalue weighted by molar-refractivity contribution is 6.31. The van der Waals surface area contributed by atoms with Crippen molar-refractivity contribution >= 4 is 34.8 Å². The summed E-state index contributed by atoms with van der Waals surface area (Å²) in [6, 6.07) is 11.4. The standard InChI is InChI=1S/C17H18ClFN2O2/c1-17(2,3)23-16(22)21-12-6-4-11(5-7-12)20-13-8-9-15(19)14(18)10-13/h4-10,20H,1-3H3,(H,21,22). The predicted molar refractivity (Wildman–Crippen MR) is 91.0 cm³/mol. The Hall–Kier alpha value is -2.27. The molecule has 0 heterocycles. The number of benzene rings is 2. The Bertz CT molecular complexity index is 697. The Labute approximate surface area is 139 Å². The van der Waals surface area contributed by atoms with E-state index in [1.807, 2.05) is 0 Å². The first-order chi connectivity index (χ1) is 10.7. The maximum Gasteiger partial charge on any atom is 0.412 e. The van der Waals surface area contributed by atoms with E-state index in [9.17, 15) is 9.18 Å². The van der Waals surface area contributed by atoms with Crippen LogP contribution in [0, 0.1) is 5.82 Å². The summed E-state index contributed by atoms with van der Waals surface area (Å²) in [6.45, 7) is 5.40. The molecule has 0 aliphatic carbocycles. The van der Waals surface area contributed by atoms with Crippen LogP contribution >= 0.6 is 11.6 Å². The molecule has 0 aliphatic rings. The van der Waals surface area contributed by atoms with Crippen molar-refractivity contribution in [2.24, 2.45) is 0 Å². The lowest BCUT2D eigenvalue weighted by atomic mass is 10.2. The van der Waals surface area contributed by atoms with Gasteiger partial charge in [0.05, 0.1) is 5.02 Å². The molecule has 2 N–H and O–H groups in total. The maximum atomic E-state index is 13.1. The van der Waals surface area contributed by atoms with Crippen LogP contribution in [0.5, 0.6) is 0 Å². The summed E-state index contributed by atoms with van der Waals surface area (Å²) in [5.74, 6) is -0.464. The Kier molecular flexibility index (Phi) is 5.11. The van der Waals surface area contributed by atoms with Gasteiger partial charge in [0.15, 0.2) is 0 Å². The van der Waals surface area contributed by atoms with Crippen molar-refractivity contribution in [3.63, 3.8) is 0 Å². The van der Waals surface area contributed by atoms with Crippen LogP contribution in [0.4, 0.5) is 26.2 Å². The van der Waals surface area contributed by atoms with Crippen molar-refractivity contribution in [2.45, 2.75) is 26.4 Å². The first-order valence-corrected chi connectivity index (χ1v) is 7.43. The maximum absolute atomic E-state index is 13.1. The Morgan fingerprint density at radius 1 is 1.04 bits per heavy atom. The molecule has 0 aliphatic heterocycles. The zero-order chi connectivity index (χ0) is 17.0. The van der Waals surface area contributed by atoms with Crippen LogP contribution in [0.2, 0.25) is 5.02 Å². The van der Waals surface area contributed by atoms with Gasteiger partial charge in [0, 0.05) is 17.1 Å². The molecular weight excluding hydrogens is 319 g/mol. The smallest absolute Gasteiger partial charge is 0.412 e. The third-order valence-corrected chi connectivity index (χ3v) is 3.03. The number of anilines is 3. The highest BCUT2D eigenvalue weighted by Crippen LogP contribution is 2.23. The monoisotopic (exact) mass is 336 g/mol. The van der Waals surface area contributed by atoms with E-state index in [-0.39, 0.29) is 5.02 Å². The first kappa shape index (κ1) is 17.1. The van der Waals surface area contributed by atoms with E-state index in [2.05, 4.69) is 10.6 Å². The molecule has 0 fully saturated rings. The Morgan fingerprint density at radius 2 is 1.61 bits per heavy atom. The lowest BCUT2D eigenvalue weighted by molar-refractivity contribution is 0.0636. The van der Waals surface area contributed by atoms with Crippen molar-refractivity contribution in [2.75, 3.05) is 10.6 Å². The van der Waals surface area contributed by atoms with Gasteiger partial charge < -0.3 is 10.1 Å². The molecule has 0 atom stereocenters. The lowest BCUT2D eigenvalue weighted by Crippen LogP contribution is -2.27. The molecule has 0 saturated carbocycles. The van der Waals surface area contributed by atoms with Crippen LogP contribution < -0.4 is 10.6 Å². The SMILES string of the molecule is CC(C)(C)OC(=O)Nc1ccc(Nc2ccc(F)c(Cl)c2)cc1. The molecule has 0 spiro atoms. The number of amides is 1. The van der Waals surface area contributed by atoms with E-state index in [0.29, 0.717) is 11.4 Å². The van der Waals surface area contributed by atoms with E-state index in [1.165, 1.54) is 12.1 Å². The van der Waals surface area contributed by atoms with Gasteiger partial charge in [-0.3, -0.25) is 5.32 Å². The second-order valence-corrected chi connectivity index (χ2v) is 6.37. The molecule has 122 valence electrons. The van der Waals surface area contributed by atoms with Gasteiger partial charge in [0.2, 0.25) is 0 Å². The van der Waals surface area contributed by atoms with Crippen LogP contribution in [0.25, 0.3) is 0 Å². The molecule has 0 unspecified atom stereocenters. The molecule has 2 rings (SSSR count). The minimum absolute atomic E-state index is 0.0539. The lowest BCUT2D eigenvalue weighted by Gasteiger charge is -2.19. The zero-order valence-corrected chi connectivity index (χ0v) is 13.9. The van der Waals surface area contributed by atoms with E-state index < -0.39 is 17.5 Å². The van der Waals surface area contributed by atoms with Crippen LogP contribution in [-0.2, 0) is 4.74 Å². The van der Waals surface area contributed by atoms with Gasteiger partial charge >= 0.3 is 6.09 Å². The minimum atomic E-state index is -0.548. The number of hydrogen-bond acceptors (Lipinski definition) is 3. The number of halogens is 2. The number of hydrogen-bond donors (Lipinski definition) is 2. The number of carbonyl (C=O) groups excluding carboxylic acids is 1. The van der Waals surface area contributed by atoms with E-state index in [1.54, 1.807) is 51.1 Å². The third kappa shape index (κ3) is 5.45. The highest BCUT2D eigenvalue weighted by Gasteiger charge is 2.16. The van der Waals surface area contributed by atoms with Gasteiger partial charge in [-0.05, 0) is 63.2 Å². The normalized spacial score (nSPS) is 11.0. The average molecular weight is 337 g/mol. The third-order valence-electron chi connectivity index (χ3n) is 2.74. The van der Waals surface area contributed by atoms with Gasteiger partial charge in [0.25, 0.3) is 0 Å². The fourth-order valence-corrected chi connectivity index (χ4v) is 1.98. The topological polar surface area (TPSA) is 50.4 Å². The molecule has 0 bridgehead atoms. The van der Waals surface area contributed by atoms with Gasteiger partial charge in [-0.2, -0.15) is 0 Å². The van der Waals surface area contributed by atoms with Crippen molar-refractivity contribution < 1.29 is 13.9 Å². The molecule has 2 aromatic carbocycles. The molecular formula is C17H18ClFN2O2. The number of nitrogens with one attached hydrogen (secondary N) is 2. The fraction of sp³-hybridized carbons (Fsp3) is 0.235. The summed E-state index contributed by atoms with van der Waals surface area (Å²) < 4.78 is 18.3. The number of carbonyl (C=O) groups is 1. The zero-order valence-electron chi connectivity index (χ0n) is 13.1. The van der Waals surface area contributed by atoms with Crippen LogP contribution in [0.3, 0.4) is 0 Å². The van der Waals surface area contributed by atoms with E-state index in [0.717, 1.165) is 5.69 Å². The van der Waals surface area contributed by atoms with Gasteiger partial charge in [-0.25, -0.2) is 9.18 Å². The number of ether oxygens (including phenoxy) is 1. The second-order valence-electron chi connectivity index (χ2n) is 5.96. The largest absolute Gasteiger partial charge is 0.444 e. The highest BCUT2D eigenvalue weighted by atomic mass is 35.5. The van der Waals surface area contributed by atoms with Crippen molar-refractivity contribution in [3.8, 4) is 0 Å². The average Bonchev–Trinajstić information content (AvgIpc) is 2.43. The molecule has 0 saturated heterocycles. The summed E-state index contributed by atoms with van der Waals surface area (Å²) in [7, 11) is 0. The van der Waals surface area contributed by atoms with Gasteiger partial charge in [0.1, 0.15) is 11.4 Å². The second kappa shape index (κ2) is 6.87. The summed E-state index contributed by atoms with van der Waals surface area (Å²) in [5.41, 5.74) is 1.52. The summed E-state index contributed by atoms with van der Waals surface area (Å²) >= 11 is 5.74. The van der Waals surface area contributed by atoms with E-state index >= 15 is 0 Å².